The molecule has 0 bridgehead atoms. The number of carboxylic acids is 1. The van der Waals surface area contributed by atoms with Gasteiger partial charge >= 0.3 is 12.0 Å². The SMILES string of the molecule is CCC(CSC)N(C)C(=O)NCC(CC(=O)O)CC(C)C. The third-order valence-corrected chi connectivity index (χ3v) is 4.23. The molecule has 124 valence electrons. The third-order valence-electron chi connectivity index (χ3n) is 3.51. The fourth-order valence-corrected chi connectivity index (χ4v) is 3.21. The monoisotopic (exact) mass is 318 g/mol. The van der Waals surface area contributed by atoms with Crippen molar-refractivity contribution in [3.63, 3.8) is 0 Å². The second-order valence-corrected chi connectivity index (χ2v) is 6.82. The number of amides is 2. The normalized spacial score (nSPS) is 13.8. The highest BCUT2D eigenvalue weighted by atomic mass is 32.2. The molecule has 0 rings (SSSR count). The lowest BCUT2D eigenvalue weighted by Crippen LogP contribution is -2.46. The molecular formula is C15H30N2O3S. The molecule has 2 amide bonds. The summed E-state index contributed by atoms with van der Waals surface area (Å²) >= 11 is 1.72. The van der Waals surface area contributed by atoms with Gasteiger partial charge in [-0.1, -0.05) is 20.8 Å². The van der Waals surface area contributed by atoms with E-state index in [4.69, 9.17) is 5.11 Å². The van der Waals surface area contributed by atoms with Crippen LogP contribution in [-0.4, -0.2) is 53.6 Å². The average molecular weight is 318 g/mol. The molecular weight excluding hydrogens is 288 g/mol. The number of urea groups is 1. The van der Waals surface area contributed by atoms with Gasteiger partial charge in [-0.3, -0.25) is 4.79 Å². The minimum absolute atomic E-state index is 0.0134. The van der Waals surface area contributed by atoms with Crippen molar-refractivity contribution >= 4 is 23.8 Å². The second kappa shape index (κ2) is 10.8. The highest BCUT2D eigenvalue weighted by molar-refractivity contribution is 7.98. The fraction of sp³-hybridized carbons (Fsp3) is 0.867. The number of carbonyl (C=O) groups is 2. The maximum Gasteiger partial charge on any atom is 0.317 e. The number of hydrogen-bond donors (Lipinski definition) is 2. The van der Waals surface area contributed by atoms with Gasteiger partial charge in [-0.25, -0.2) is 4.79 Å². The summed E-state index contributed by atoms with van der Waals surface area (Å²) in [6.45, 7) is 6.61. The van der Waals surface area contributed by atoms with E-state index in [1.807, 2.05) is 6.26 Å². The Bertz CT molecular complexity index is 324. The van der Waals surface area contributed by atoms with Crippen LogP contribution in [0.15, 0.2) is 0 Å². The van der Waals surface area contributed by atoms with Gasteiger partial charge in [0.1, 0.15) is 0 Å². The summed E-state index contributed by atoms with van der Waals surface area (Å²) in [7, 11) is 1.80. The van der Waals surface area contributed by atoms with E-state index in [-0.39, 0.29) is 24.4 Å². The van der Waals surface area contributed by atoms with Crippen LogP contribution < -0.4 is 5.32 Å². The molecule has 0 radical (unpaired) electrons. The van der Waals surface area contributed by atoms with Crippen molar-refractivity contribution in [3.8, 4) is 0 Å². The Kier molecular flexibility index (Phi) is 10.3. The van der Waals surface area contributed by atoms with Gasteiger partial charge in [0.25, 0.3) is 0 Å². The highest BCUT2D eigenvalue weighted by Gasteiger charge is 2.20. The quantitative estimate of drug-likeness (QED) is 0.650. The zero-order valence-electron chi connectivity index (χ0n) is 13.9. The lowest BCUT2D eigenvalue weighted by atomic mass is 9.94. The zero-order chi connectivity index (χ0) is 16.4. The zero-order valence-corrected chi connectivity index (χ0v) is 14.7. The molecule has 0 fully saturated rings. The Morgan fingerprint density at radius 2 is 1.95 bits per heavy atom. The van der Waals surface area contributed by atoms with Crippen LogP contribution >= 0.6 is 11.8 Å². The Labute approximate surface area is 132 Å². The minimum Gasteiger partial charge on any atom is -0.481 e. The van der Waals surface area contributed by atoms with E-state index < -0.39 is 5.97 Å². The summed E-state index contributed by atoms with van der Waals surface area (Å²) < 4.78 is 0. The molecule has 2 unspecified atom stereocenters. The first kappa shape index (κ1) is 20.1. The number of nitrogens with one attached hydrogen (secondary N) is 1. The lowest BCUT2D eigenvalue weighted by molar-refractivity contribution is -0.138. The van der Waals surface area contributed by atoms with Crippen LogP contribution in [0.1, 0.15) is 40.0 Å². The third kappa shape index (κ3) is 8.86. The lowest BCUT2D eigenvalue weighted by Gasteiger charge is -2.28. The standard InChI is InChI=1S/C15H30N2O3S/c1-6-13(10-21-5)17(4)15(20)16-9-12(7-11(2)3)8-14(18)19/h11-13H,6-10H2,1-5H3,(H,16,20)(H,18,19). The highest BCUT2D eigenvalue weighted by Crippen LogP contribution is 2.15. The predicted octanol–water partition coefficient (Wildman–Crippen LogP) is 2.91. The summed E-state index contributed by atoms with van der Waals surface area (Å²) in [5.74, 6) is 0.506. The number of aliphatic carboxylic acids is 1. The van der Waals surface area contributed by atoms with Gasteiger partial charge < -0.3 is 15.3 Å². The maximum atomic E-state index is 12.2. The van der Waals surface area contributed by atoms with E-state index in [9.17, 15) is 9.59 Å². The van der Waals surface area contributed by atoms with Gasteiger partial charge in [0, 0.05) is 31.8 Å². The van der Waals surface area contributed by atoms with Crippen LogP contribution in [-0.2, 0) is 4.79 Å². The van der Waals surface area contributed by atoms with Crippen LogP contribution in [0.4, 0.5) is 4.79 Å². The first-order chi connectivity index (χ1) is 9.81. The Morgan fingerprint density at radius 1 is 1.33 bits per heavy atom. The van der Waals surface area contributed by atoms with Gasteiger partial charge in [0.2, 0.25) is 0 Å². The molecule has 0 aromatic rings. The summed E-state index contributed by atoms with van der Waals surface area (Å²) in [6, 6.07) is 0.0954. The van der Waals surface area contributed by atoms with Crippen LogP contribution in [0.3, 0.4) is 0 Å². The number of nitrogens with zero attached hydrogens (tertiary/aromatic N) is 1. The molecule has 0 aliphatic rings. The predicted molar refractivity (Wildman–Crippen MR) is 88.8 cm³/mol. The van der Waals surface area contributed by atoms with E-state index in [0.717, 1.165) is 18.6 Å². The summed E-state index contributed by atoms with van der Waals surface area (Å²) in [4.78, 5) is 24.8. The summed E-state index contributed by atoms with van der Waals surface area (Å²) in [6.07, 6.45) is 3.84. The summed E-state index contributed by atoms with van der Waals surface area (Å²) in [5.41, 5.74) is 0. The van der Waals surface area contributed by atoms with E-state index in [1.54, 1.807) is 23.7 Å². The van der Waals surface area contributed by atoms with Gasteiger partial charge in [-0.15, -0.1) is 0 Å². The molecule has 0 aromatic heterocycles. The Morgan fingerprint density at radius 3 is 2.38 bits per heavy atom. The molecule has 6 heteroatoms. The van der Waals surface area contributed by atoms with E-state index in [1.165, 1.54) is 0 Å². The fourth-order valence-electron chi connectivity index (χ4n) is 2.37. The number of hydrogen-bond acceptors (Lipinski definition) is 3. The van der Waals surface area contributed by atoms with Crippen molar-refractivity contribution in [1.82, 2.24) is 10.2 Å². The first-order valence-corrected chi connectivity index (χ1v) is 8.92. The minimum atomic E-state index is -0.808. The molecule has 21 heavy (non-hydrogen) atoms. The van der Waals surface area contributed by atoms with Crippen molar-refractivity contribution in [2.45, 2.75) is 46.1 Å². The summed E-state index contributed by atoms with van der Waals surface area (Å²) in [5, 5.41) is 11.8. The van der Waals surface area contributed by atoms with Gasteiger partial charge in [0.15, 0.2) is 0 Å². The van der Waals surface area contributed by atoms with Crippen molar-refractivity contribution in [2.75, 3.05) is 25.6 Å². The van der Waals surface area contributed by atoms with E-state index >= 15 is 0 Å². The second-order valence-electron chi connectivity index (χ2n) is 5.91. The van der Waals surface area contributed by atoms with Crippen molar-refractivity contribution < 1.29 is 14.7 Å². The van der Waals surface area contributed by atoms with Crippen molar-refractivity contribution in [2.24, 2.45) is 11.8 Å². The van der Waals surface area contributed by atoms with E-state index in [0.29, 0.717) is 12.5 Å². The molecule has 0 spiro atoms. The van der Waals surface area contributed by atoms with Crippen LogP contribution in [0.2, 0.25) is 0 Å². The van der Waals surface area contributed by atoms with E-state index in [2.05, 4.69) is 26.1 Å². The Balaban J connectivity index is 4.42. The topological polar surface area (TPSA) is 69.6 Å². The maximum absolute atomic E-state index is 12.2. The molecule has 0 aliphatic heterocycles. The van der Waals surface area contributed by atoms with Crippen molar-refractivity contribution in [1.29, 1.82) is 0 Å². The molecule has 0 saturated heterocycles. The first-order valence-electron chi connectivity index (χ1n) is 7.53. The average Bonchev–Trinajstić information content (AvgIpc) is 2.39. The smallest absolute Gasteiger partial charge is 0.317 e. The number of carbonyl (C=O) groups excluding carboxylic acids is 1. The van der Waals surface area contributed by atoms with Crippen LogP contribution in [0.25, 0.3) is 0 Å². The Hall–Kier alpha value is -0.910. The molecule has 5 nitrogen and oxygen atoms in total. The van der Waals surface area contributed by atoms with Gasteiger partial charge in [-0.2, -0.15) is 11.8 Å². The number of carboxylic acid groups (broad SMARTS) is 1. The molecule has 2 atom stereocenters. The van der Waals surface area contributed by atoms with Gasteiger partial charge in [-0.05, 0) is 30.9 Å². The number of thioether (sulfide) groups is 1. The molecule has 0 heterocycles. The molecule has 0 aromatic carbocycles. The molecule has 0 aliphatic carbocycles. The van der Waals surface area contributed by atoms with Crippen molar-refractivity contribution in [3.05, 3.63) is 0 Å². The van der Waals surface area contributed by atoms with Crippen LogP contribution in [0, 0.1) is 11.8 Å². The van der Waals surface area contributed by atoms with Crippen LogP contribution in [0.5, 0.6) is 0 Å². The number of rotatable bonds is 10. The molecule has 0 saturated carbocycles. The molecule has 2 N–H and O–H groups in total. The van der Waals surface area contributed by atoms with Gasteiger partial charge in [0.05, 0.1) is 0 Å². The largest absolute Gasteiger partial charge is 0.481 e.